The van der Waals surface area contributed by atoms with Crippen LogP contribution in [0.4, 0.5) is 6.01 Å². The molecule has 2 heterocycles. The van der Waals surface area contributed by atoms with Gasteiger partial charge in [-0.1, -0.05) is 28.9 Å². The summed E-state index contributed by atoms with van der Waals surface area (Å²) in [7, 11) is 0. The van der Waals surface area contributed by atoms with E-state index in [0.29, 0.717) is 18.9 Å². The number of nitrogens with one attached hydrogen (secondary N) is 1. The van der Waals surface area contributed by atoms with E-state index in [1.165, 1.54) is 11.1 Å². The summed E-state index contributed by atoms with van der Waals surface area (Å²) in [5, 5.41) is 10.5. The standard InChI is InChI=1S/C16H19N3O3/c1-10-5-6-12(11(2)8-10)9-14-18-19-16(22-14)17-15(20)13-4-3-7-21-13/h5-6,8,13H,3-4,7,9H2,1-2H3,(H,17,19,20). The van der Waals surface area contributed by atoms with E-state index in [9.17, 15) is 4.79 Å². The van der Waals surface area contributed by atoms with Crippen molar-refractivity contribution in [1.29, 1.82) is 0 Å². The van der Waals surface area contributed by atoms with E-state index in [-0.39, 0.29) is 11.9 Å². The maximum absolute atomic E-state index is 11.9. The van der Waals surface area contributed by atoms with Crippen LogP contribution in [0.5, 0.6) is 0 Å². The molecular formula is C16H19N3O3. The van der Waals surface area contributed by atoms with E-state index in [1.54, 1.807) is 0 Å². The molecule has 1 saturated heterocycles. The molecule has 6 heteroatoms. The number of amides is 1. The average molecular weight is 301 g/mol. The molecule has 2 aromatic rings. The highest BCUT2D eigenvalue weighted by Crippen LogP contribution is 2.17. The van der Waals surface area contributed by atoms with Crippen molar-refractivity contribution >= 4 is 11.9 Å². The van der Waals surface area contributed by atoms with Crippen LogP contribution in [0.25, 0.3) is 0 Å². The van der Waals surface area contributed by atoms with Gasteiger partial charge in [0.2, 0.25) is 5.89 Å². The molecule has 1 unspecified atom stereocenters. The molecule has 0 spiro atoms. The van der Waals surface area contributed by atoms with E-state index in [0.717, 1.165) is 18.4 Å². The second-order valence-electron chi connectivity index (χ2n) is 5.60. The first-order chi connectivity index (χ1) is 10.6. The van der Waals surface area contributed by atoms with Crippen LogP contribution in [0.3, 0.4) is 0 Å². The molecule has 0 radical (unpaired) electrons. The van der Waals surface area contributed by atoms with Crippen molar-refractivity contribution in [3.05, 3.63) is 40.8 Å². The molecule has 1 fully saturated rings. The van der Waals surface area contributed by atoms with E-state index < -0.39 is 6.10 Å². The zero-order chi connectivity index (χ0) is 15.5. The third-order valence-corrected chi connectivity index (χ3v) is 3.76. The summed E-state index contributed by atoms with van der Waals surface area (Å²) >= 11 is 0. The van der Waals surface area contributed by atoms with Crippen molar-refractivity contribution in [2.75, 3.05) is 11.9 Å². The molecule has 3 rings (SSSR count). The molecule has 116 valence electrons. The molecule has 1 aliphatic heterocycles. The van der Waals surface area contributed by atoms with Crippen molar-refractivity contribution in [2.24, 2.45) is 0 Å². The number of carbonyl (C=O) groups excluding carboxylic acids is 1. The second-order valence-corrected chi connectivity index (χ2v) is 5.60. The summed E-state index contributed by atoms with van der Waals surface area (Å²) in [4.78, 5) is 11.9. The fourth-order valence-corrected chi connectivity index (χ4v) is 2.55. The Balaban J connectivity index is 1.64. The number of ether oxygens (including phenoxy) is 1. The average Bonchev–Trinajstić information content (AvgIpc) is 3.13. The Morgan fingerprint density at radius 1 is 1.36 bits per heavy atom. The quantitative estimate of drug-likeness (QED) is 0.938. The molecular weight excluding hydrogens is 282 g/mol. The number of rotatable bonds is 4. The third kappa shape index (κ3) is 3.33. The van der Waals surface area contributed by atoms with Crippen LogP contribution in [-0.4, -0.2) is 28.8 Å². The Kier molecular flexibility index (Phi) is 4.20. The van der Waals surface area contributed by atoms with Gasteiger partial charge < -0.3 is 9.15 Å². The topological polar surface area (TPSA) is 77.2 Å². The number of nitrogens with zero attached hydrogens (tertiary/aromatic N) is 2. The van der Waals surface area contributed by atoms with E-state index in [4.69, 9.17) is 9.15 Å². The smallest absolute Gasteiger partial charge is 0.322 e. The zero-order valence-corrected chi connectivity index (χ0v) is 12.8. The SMILES string of the molecule is Cc1ccc(Cc2nnc(NC(=O)C3CCCO3)o2)c(C)c1. The van der Waals surface area contributed by atoms with Crippen molar-refractivity contribution in [3.63, 3.8) is 0 Å². The van der Waals surface area contributed by atoms with Gasteiger partial charge in [0.15, 0.2) is 0 Å². The minimum atomic E-state index is -0.408. The van der Waals surface area contributed by atoms with E-state index in [1.807, 2.05) is 0 Å². The number of benzene rings is 1. The van der Waals surface area contributed by atoms with Gasteiger partial charge >= 0.3 is 6.01 Å². The van der Waals surface area contributed by atoms with Gasteiger partial charge in [-0.05, 0) is 37.8 Å². The van der Waals surface area contributed by atoms with Gasteiger partial charge in [-0.2, -0.15) is 0 Å². The van der Waals surface area contributed by atoms with Crippen molar-refractivity contribution in [3.8, 4) is 0 Å². The van der Waals surface area contributed by atoms with E-state index >= 15 is 0 Å². The first kappa shape index (κ1) is 14.7. The minimum Gasteiger partial charge on any atom is -0.407 e. The summed E-state index contributed by atoms with van der Waals surface area (Å²) < 4.78 is 10.8. The van der Waals surface area contributed by atoms with Gasteiger partial charge in [0.1, 0.15) is 6.10 Å². The highest BCUT2D eigenvalue weighted by atomic mass is 16.5. The molecule has 22 heavy (non-hydrogen) atoms. The highest BCUT2D eigenvalue weighted by molar-refractivity contribution is 5.92. The zero-order valence-electron chi connectivity index (χ0n) is 12.8. The minimum absolute atomic E-state index is 0.125. The number of anilines is 1. The van der Waals surface area contributed by atoms with Gasteiger partial charge in [0.05, 0.1) is 6.42 Å². The lowest BCUT2D eigenvalue weighted by Crippen LogP contribution is -2.26. The number of aryl methyl sites for hydroxylation is 2. The van der Waals surface area contributed by atoms with Crippen LogP contribution in [-0.2, 0) is 16.0 Å². The Labute approximate surface area is 128 Å². The highest BCUT2D eigenvalue weighted by Gasteiger charge is 2.25. The van der Waals surface area contributed by atoms with E-state index in [2.05, 4.69) is 47.6 Å². The monoisotopic (exact) mass is 301 g/mol. The summed E-state index contributed by atoms with van der Waals surface area (Å²) in [6.07, 6.45) is 1.78. The van der Waals surface area contributed by atoms with Gasteiger partial charge in [-0.25, -0.2) is 0 Å². The largest absolute Gasteiger partial charge is 0.407 e. The molecule has 6 nitrogen and oxygen atoms in total. The number of carbonyl (C=O) groups is 1. The summed E-state index contributed by atoms with van der Waals surface area (Å²) in [5.41, 5.74) is 3.53. The molecule has 1 atom stereocenters. The number of aromatic nitrogens is 2. The predicted octanol–water partition coefficient (Wildman–Crippen LogP) is 2.39. The fourth-order valence-electron chi connectivity index (χ4n) is 2.55. The van der Waals surface area contributed by atoms with Crippen LogP contribution in [0, 0.1) is 13.8 Å². The molecule has 0 bridgehead atoms. The fraction of sp³-hybridized carbons (Fsp3) is 0.438. The lowest BCUT2D eigenvalue weighted by atomic mass is 10.0. The molecule has 0 aliphatic carbocycles. The molecule has 1 amide bonds. The summed E-state index contributed by atoms with van der Waals surface area (Å²) in [5.74, 6) is 0.258. The molecule has 1 N–H and O–H groups in total. The van der Waals surface area contributed by atoms with Crippen LogP contribution in [0.2, 0.25) is 0 Å². The first-order valence-electron chi connectivity index (χ1n) is 7.43. The van der Waals surface area contributed by atoms with Crippen molar-refractivity contribution < 1.29 is 13.9 Å². The molecule has 1 aliphatic rings. The van der Waals surface area contributed by atoms with Gasteiger partial charge in [0.25, 0.3) is 5.91 Å². The lowest BCUT2D eigenvalue weighted by molar-refractivity contribution is -0.124. The Morgan fingerprint density at radius 3 is 2.95 bits per heavy atom. The Bertz CT molecular complexity index is 675. The number of hydrogen-bond donors (Lipinski definition) is 1. The first-order valence-corrected chi connectivity index (χ1v) is 7.43. The van der Waals surface area contributed by atoms with Crippen LogP contribution >= 0.6 is 0 Å². The maximum Gasteiger partial charge on any atom is 0.322 e. The second kappa shape index (κ2) is 6.27. The van der Waals surface area contributed by atoms with Crippen molar-refractivity contribution in [2.45, 2.75) is 39.2 Å². The third-order valence-electron chi connectivity index (χ3n) is 3.76. The predicted molar refractivity (Wildman–Crippen MR) is 80.6 cm³/mol. The van der Waals surface area contributed by atoms with Gasteiger partial charge in [0, 0.05) is 6.61 Å². The molecule has 1 aromatic heterocycles. The summed E-state index contributed by atoms with van der Waals surface area (Å²) in [6.45, 7) is 4.74. The molecule has 1 aromatic carbocycles. The van der Waals surface area contributed by atoms with Gasteiger partial charge in [-0.3, -0.25) is 10.1 Å². The normalized spacial score (nSPS) is 17.6. The van der Waals surface area contributed by atoms with Gasteiger partial charge in [-0.15, -0.1) is 5.10 Å². The maximum atomic E-state index is 11.9. The lowest BCUT2D eigenvalue weighted by Gasteiger charge is -2.06. The van der Waals surface area contributed by atoms with Crippen molar-refractivity contribution in [1.82, 2.24) is 10.2 Å². The molecule has 0 saturated carbocycles. The Morgan fingerprint density at radius 2 is 2.23 bits per heavy atom. The summed E-state index contributed by atoms with van der Waals surface area (Å²) in [6, 6.07) is 6.35. The Hall–Kier alpha value is -2.21. The number of hydrogen-bond acceptors (Lipinski definition) is 5. The van der Waals surface area contributed by atoms with Crippen LogP contribution in [0.15, 0.2) is 22.6 Å². The van der Waals surface area contributed by atoms with Crippen LogP contribution < -0.4 is 5.32 Å². The van der Waals surface area contributed by atoms with Crippen LogP contribution in [0.1, 0.15) is 35.4 Å².